The molecule has 5 heteroatoms. The van der Waals surface area contributed by atoms with E-state index in [-0.39, 0.29) is 50.7 Å². The Hall–Kier alpha value is 0.844. The molecule has 116 valence electrons. The molecule has 0 atom stereocenters. The molecule has 0 spiro atoms. The Kier molecular flexibility index (Phi) is 14.5. The van der Waals surface area contributed by atoms with Crippen LogP contribution >= 0.6 is 0 Å². The predicted octanol–water partition coefficient (Wildman–Crippen LogP) is -0.888. The topological polar surface area (TPSA) is 0 Å². The van der Waals surface area contributed by atoms with Crippen molar-refractivity contribution in [2.75, 3.05) is 0 Å². The summed E-state index contributed by atoms with van der Waals surface area (Å²) in [6.07, 6.45) is 17.6. The van der Waals surface area contributed by atoms with E-state index in [2.05, 4.69) is 75.7 Å². The second-order valence-corrected chi connectivity index (χ2v) is 17.0. The van der Waals surface area contributed by atoms with Crippen LogP contribution in [0.5, 0.6) is 0 Å². The molecule has 0 bridgehead atoms. The minimum Gasteiger partial charge on any atom is -1.00 e. The van der Waals surface area contributed by atoms with Crippen molar-refractivity contribution in [1.29, 1.82) is 0 Å². The smallest absolute Gasteiger partial charge is 1.00 e. The first-order valence-corrected chi connectivity index (χ1v) is 13.8. The fourth-order valence-corrected chi connectivity index (χ4v) is 4.34. The van der Waals surface area contributed by atoms with Gasteiger partial charge in [0.05, 0.1) is 0 Å². The van der Waals surface area contributed by atoms with Gasteiger partial charge in [0.1, 0.15) is 0 Å². The summed E-state index contributed by atoms with van der Waals surface area (Å²) in [4.78, 5) is 0. The summed E-state index contributed by atoms with van der Waals surface area (Å²) in [6, 6.07) is 0. The molecule has 0 nitrogen and oxygen atoms in total. The summed E-state index contributed by atoms with van der Waals surface area (Å²) in [5, 5.41) is 2.98. The second-order valence-electron chi connectivity index (χ2n) is 6.89. The molecule has 2 rings (SSSR count). The third-order valence-electron chi connectivity index (χ3n) is 3.01. The molecule has 2 aliphatic rings. The van der Waals surface area contributed by atoms with Crippen LogP contribution in [0.15, 0.2) is 34.7 Å². The summed E-state index contributed by atoms with van der Waals surface area (Å²) in [7, 11) is -2.01. The largest absolute Gasteiger partial charge is 4.00 e. The molecule has 0 amide bonds. The van der Waals surface area contributed by atoms with E-state index in [1.54, 1.807) is 0 Å². The fourth-order valence-electron chi connectivity index (χ4n) is 1.84. The first-order chi connectivity index (χ1) is 8.21. The third kappa shape index (κ3) is 10.3. The van der Waals surface area contributed by atoms with Gasteiger partial charge >= 0.3 is 25.8 Å². The average Bonchev–Trinajstić information content (AvgIpc) is 2.91. The maximum Gasteiger partial charge on any atom is 4.00 e. The Morgan fingerprint density at radius 1 is 0.714 bits per heavy atom. The average molecular weight is 524 g/mol. The summed E-state index contributed by atoms with van der Waals surface area (Å²) in [6.45, 7) is 14.1. The van der Waals surface area contributed by atoms with Crippen molar-refractivity contribution >= 4 is 16.1 Å². The van der Waals surface area contributed by atoms with Gasteiger partial charge < -0.3 is 24.8 Å². The third-order valence-corrected chi connectivity index (χ3v) is 6.92. The van der Waals surface area contributed by atoms with Crippen molar-refractivity contribution in [3.05, 3.63) is 46.8 Å². The van der Waals surface area contributed by atoms with E-state index < -0.39 is 16.1 Å². The number of allylic oxidation sites excluding steroid dienone is 8. The van der Waals surface area contributed by atoms with Crippen LogP contribution in [-0.4, -0.2) is 16.1 Å². The molecule has 21 heavy (non-hydrogen) atoms. The normalized spacial score (nSPS) is 15.7. The van der Waals surface area contributed by atoms with Crippen molar-refractivity contribution in [3.8, 4) is 0 Å². The van der Waals surface area contributed by atoms with Gasteiger partial charge in [0.15, 0.2) is 0 Å². The van der Waals surface area contributed by atoms with Crippen molar-refractivity contribution in [2.45, 2.75) is 52.1 Å². The Balaban J connectivity index is -0.000000270. The van der Waals surface area contributed by atoms with Gasteiger partial charge in [-0.15, -0.1) is 12.8 Å². The Morgan fingerprint density at radius 2 is 1.00 bits per heavy atom. The van der Waals surface area contributed by atoms with Gasteiger partial charge in [0.25, 0.3) is 0 Å². The minimum atomic E-state index is -1.01. The molecule has 0 aromatic rings. The summed E-state index contributed by atoms with van der Waals surface area (Å²) < 4.78 is 0. The van der Waals surface area contributed by atoms with E-state index in [1.807, 2.05) is 0 Å². The van der Waals surface area contributed by atoms with E-state index in [0.29, 0.717) is 0 Å². The zero-order chi connectivity index (χ0) is 13.8. The molecule has 2 aliphatic carbocycles. The van der Waals surface area contributed by atoms with E-state index in [1.165, 1.54) is 10.4 Å². The molecule has 0 radical (unpaired) electrons. The maximum absolute atomic E-state index is 3.36. The number of rotatable bonds is 2. The van der Waals surface area contributed by atoms with E-state index >= 15 is 0 Å². The minimum absolute atomic E-state index is 0. The molecular formula is C16H26Cl2HfSi2. The fraction of sp³-hybridized carbons (Fsp3) is 0.500. The van der Waals surface area contributed by atoms with Crippen LogP contribution in [0, 0.1) is 12.2 Å². The summed E-state index contributed by atoms with van der Waals surface area (Å²) in [5.74, 6) is 0. The van der Waals surface area contributed by atoms with Gasteiger partial charge in [-0.05, 0) is 0 Å². The van der Waals surface area contributed by atoms with Crippen LogP contribution in [0.4, 0.5) is 0 Å². The van der Waals surface area contributed by atoms with Crippen LogP contribution in [0.25, 0.3) is 0 Å². The molecule has 0 saturated carbocycles. The quantitative estimate of drug-likeness (QED) is 0.326. The van der Waals surface area contributed by atoms with E-state index in [9.17, 15) is 0 Å². The summed E-state index contributed by atoms with van der Waals surface area (Å²) >= 11 is 0. The van der Waals surface area contributed by atoms with Gasteiger partial charge in [-0.2, -0.15) is 12.2 Å². The molecule has 0 N–H and O–H groups in total. The first kappa shape index (κ1) is 26.7. The maximum atomic E-state index is 3.36. The standard InChI is InChI=1S/2C8H13Si.2ClH.Hf/c2*1-9(2,3)8-6-4-5-7-8;;;/h2*4,6H,5H2,1-3H3;2*1H;/q2*-1;;;+4/p-2. The van der Waals surface area contributed by atoms with Crippen LogP contribution < -0.4 is 24.8 Å². The number of hydrogen-bond acceptors (Lipinski definition) is 0. The van der Waals surface area contributed by atoms with Crippen LogP contribution in [0.3, 0.4) is 0 Å². The van der Waals surface area contributed by atoms with Crippen LogP contribution in [-0.2, 0) is 25.8 Å². The second kappa shape index (κ2) is 11.4. The zero-order valence-corrected chi connectivity index (χ0v) is 21.1. The summed E-state index contributed by atoms with van der Waals surface area (Å²) in [5.41, 5.74) is 0. The number of hydrogen-bond donors (Lipinski definition) is 0. The number of halogens is 2. The Labute approximate surface area is 164 Å². The molecule has 0 unspecified atom stereocenters. The SMILES string of the molecule is C[Si](C)(C)C1=[C-]CC=C1.C[Si](C)(C)C1=[C-]CC=C1.[Cl-].[Cl-].[Hf+4]. The van der Waals surface area contributed by atoms with Crippen molar-refractivity contribution in [1.82, 2.24) is 0 Å². The first-order valence-electron chi connectivity index (χ1n) is 6.77. The van der Waals surface area contributed by atoms with Crippen LogP contribution in [0.1, 0.15) is 12.8 Å². The zero-order valence-electron chi connectivity index (χ0n) is 14.0. The Morgan fingerprint density at radius 3 is 1.10 bits per heavy atom. The monoisotopic (exact) mass is 524 g/mol. The van der Waals surface area contributed by atoms with Gasteiger partial charge in [0, 0.05) is 16.1 Å². The molecule has 0 heterocycles. The molecule has 0 aromatic carbocycles. The predicted molar refractivity (Wildman–Crippen MR) is 87.7 cm³/mol. The van der Waals surface area contributed by atoms with Crippen molar-refractivity contribution < 1.29 is 50.7 Å². The van der Waals surface area contributed by atoms with Gasteiger partial charge in [-0.25, -0.2) is 22.5 Å². The molecular weight excluding hydrogens is 498 g/mol. The molecule has 0 aromatic heterocycles. The Bertz CT molecular complexity index is 371. The van der Waals surface area contributed by atoms with Gasteiger partial charge in [0.2, 0.25) is 0 Å². The van der Waals surface area contributed by atoms with Crippen molar-refractivity contribution in [3.63, 3.8) is 0 Å². The van der Waals surface area contributed by atoms with E-state index in [4.69, 9.17) is 0 Å². The van der Waals surface area contributed by atoms with Crippen LogP contribution in [0.2, 0.25) is 39.3 Å². The molecule has 0 aliphatic heterocycles. The van der Waals surface area contributed by atoms with Gasteiger partial charge in [-0.1, -0.05) is 39.3 Å². The molecule has 0 saturated heterocycles. The van der Waals surface area contributed by atoms with Gasteiger partial charge in [-0.3, -0.25) is 12.2 Å². The van der Waals surface area contributed by atoms with E-state index in [0.717, 1.165) is 12.8 Å². The molecule has 0 fully saturated rings. The van der Waals surface area contributed by atoms with Crippen molar-refractivity contribution in [2.24, 2.45) is 0 Å².